The number of nitrogens with zero attached hydrogens (tertiary/aromatic N) is 2. The Morgan fingerprint density at radius 1 is 1.16 bits per heavy atom. The molecule has 2 aromatic rings. The maximum atomic E-state index is 11.1. The molecule has 1 aliphatic rings. The average molecular weight is 255 g/mol. The Labute approximate surface area is 110 Å². The van der Waals surface area contributed by atoms with Crippen LogP contribution in [0, 0.1) is 10.1 Å². The largest absolute Gasteiger partial charge is 0.367 e. The molecule has 96 valence electrons. The number of hydrogen-bond acceptors (Lipinski definition) is 4. The van der Waals surface area contributed by atoms with E-state index >= 15 is 0 Å². The highest BCUT2D eigenvalue weighted by Crippen LogP contribution is 2.31. The number of benzene rings is 1. The van der Waals surface area contributed by atoms with Crippen LogP contribution in [0.1, 0.15) is 12.8 Å². The molecule has 0 amide bonds. The standard InChI is InChI=1S/C14H13N3O2/c18-17(19)12-8-9-13(15-11-6-7-11)16-14(12)10-4-2-1-3-5-10/h1-5,8-9,11H,6-7H2,(H,15,16). The van der Waals surface area contributed by atoms with Crippen molar-refractivity contribution in [1.82, 2.24) is 4.98 Å². The Kier molecular flexibility index (Phi) is 2.87. The summed E-state index contributed by atoms with van der Waals surface area (Å²) in [4.78, 5) is 15.1. The van der Waals surface area contributed by atoms with Gasteiger partial charge in [-0.3, -0.25) is 10.1 Å². The molecular weight excluding hydrogens is 242 g/mol. The van der Waals surface area contributed by atoms with Crippen LogP contribution in [0.15, 0.2) is 42.5 Å². The molecule has 1 aromatic heterocycles. The van der Waals surface area contributed by atoms with Crippen LogP contribution in [0.2, 0.25) is 0 Å². The van der Waals surface area contributed by atoms with Gasteiger partial charge in [0.15, 0.2) is 5.69 Å². The molecule has 1 fully saturated rings. The summed E-state index contributed by atoms with van der Waals surface area (Å²) in [5.74, 6) is 0.701. The van der Waals surface area contributed by atoms with Gasteiger partial charge in [-0.25, -0.2) is 4.98 Å². The van der Waals surface area contributed by atoms with Crippen molar-refractivity contribution in [3.8, 4) is 11.3 Å². The number of pyridine rings is 1. The highest BCUT2D eigenvalue weighted by Gasteiger charge is 2.23. The molecule has 0 radical (unpaired) electrons. The zero-order valence-electron chi connectivity index (χ0n) is 10.2. The Morgan fingerprint density at radius 2 is 1.89 bits per heavy atom. The lowest BCUT2D eigenvalue weighted by Gasteiger charge is -2.07. The van der Waals surface area contributed by atoms with Gasteiger partial charge in [-0.2, -0.15) is 0 Å². The molecule has 5 heteroatoms. The fourth-order valence-electron chi connectivity index (χ4n) is 1.92. The molecule has 3 rings (SSSR count). The minimum absolute atomic E-state index is 0.0348. The first kappa shape index (κ1) is 11.6. The van der Waals surface area contributed by atoms with Crippen LogP contribution >= 0.6 is 0 Å². The molecule has 0 unspecified atom stereocenters. The van der Waals surface area contributed by atoms with Gasteiger partial charge in [0.1, 0.15) is 5.82 Å². The summed E-state index contributed by atoms with van der Waals surface area (Å²) in [6.07, 6.45) is 2.28. The fourth-order valence-corrected chi connectivity index (χ4v) is 1.92. The normalized spacial score (nSPS) is 14.1. The van der Waals surface area contributed by atoms with Crippen molar-refractivity contribution in [2.75, 3.05) is 5.32 Å². The molecule has 0 saturated heterocycles. The van der Waals surface area contributed by atoms with Crippen LogP contribution in [0.3, 0.4) is 0 Å². The first-order valence-electron chi connectivity index (χ1n) is 6.21. The van der Waals surface area contributed by atoms with Gasteiger partial charge in [-0.1, -0.05) is 30.3 Å². The van der Waals surface area contributed by atoms with Gasteiger partial charge in [0, 0.05) is 17.7 Å². The van der Waals surface area contributed by atoms with Gasteiger partial charge in [-0.15, -0.1) is 0 Å². The van der Waals surface area contributed by atoms with Crippen LogP contribution < -0.4 is 5.32 Å². The number of nitro groups is 1. The molecule has 0 atom stereocenters. The Hall–Kier alpha value is -2.43. The summed E-state index contributed by atoms with van der Waals surface area (Å²) in [5.41, 5.74) is 1.21. The second-order valence-corrected chi connectivity index (χ2v) is 4.61. The molecule has 5 nitrogen and oxygen atoms in total. The van der Waals surface area contributed by atoms with Gasteiger partial charge in [0.05, 0.1) is 4.92 Å². The first-order valence-corrected chi connectivity index (χ1v) is 6.21. The second kappa shape index (κ2) is 4.68. The van der Waals surface area contributed by atoms with Crippen molar-refractivity contribution in [1.29, 1.82) is 0 Å². The average Bonchev–Trinajstić information content (AvgIpc) is 3.23. The Bertz CT molecular complexity index is 609. The topological polar surface area (TPSA) is 68.1 Å². The van der Waals surface area contributed by atoms with Gasteiger partial charge in [0.2, 0.25) is 0 Å². The minimum Gasteiger partial charge on any atom is -0.367 e. The van der Waals surface area contributed by atoms with E-state index in [2.05, 4.69) is 10.3 Å². The number of anilines is 1. The van der Waals surface area contributed by atoms with E-state index < -0.39 is 4.92 Å². The predicted octanol–water partition coefficient (Wildman–Crippen LogP) is 3.23. The van der Waals surface area contributed by atoms with Crippen LogP contribution in [0.25, 0.3) is 11.3 Å². The maximum Gasteiger partial charge on any atom is 0.295 e. The zero-order valence-corrected chi connectivity index (χ0v) is 10.2. The third-order valence-electron chi connectivity index (χ3n) is 3.05. The van der Waals surface area contributed by atoms with Crippen molar-refractivity contribution in [2.24, 2.45) is 0 Å². The maximum absolute atomic E-state index is 11.1. The lowest BCUT2D eigenvalue weighted by atomic mass is 10.1. The highest BCUT2D eigenvalue weighted by molar-refractivity contribution is 5.71. The molecule has 1 heterocycles. The van der Waals surface area contributed by atoms with Crippen molar-refractivity contribution in [2.45, 2.75) is 18.9 Å². The van der Waals surface area contributed by atoms with E-state index in [0.717, 1.165) is 18.4 Å². The minimum atomic E-state index is -0.393. The van der Waals surface area contributed by atoms with E-state index in [1.807, 2.05) is 30.3 Å². The fraction of sp³-hybridized carbons (Fsp3) is 0.214. The third-order valence-corrected chi connectivity index (χ3v) is 3.05. The van der Waals surface area contributed by atoms with Crippen LogP contribution in [-0.4, -0.2) is 15.9 Å². The summed E-state index contributed by atoms with van der Waals surface area (Å²) < 4.78 is 0. The molecule has 1 aromatic carbocycles. The van der Waals surface area contributed by atoms with E-state index in [-0.39, 0.29) is 5.69 Å². The van der Waals surface area contributed by atoms with Gasteiger partial charge < -0.3 is 5.32 Å². The lowest BCUT2D eigenvalue weighted by molar-refractivity contribution is -0.384. The molecule has 1 N–H and O–H groups in total. The number of aromatic nitrogens is 1. The van der Waals surface area contributed by atoms with Gasteiger partial charge in [-0.05, 0) is 18.9 Å². The van der Waals surface area contributed by atoms with Crippen LogP contribution in [0.4, 0.5) is 11.5 Å². The van der Waals surface area contributed by atoms with Crippen LogP contribution in [0.5, 0.6) is 0 Å². The molecule has 19 heavy (non-hydrogen) atoms. The number of nitrogens with one attached hydrogen (secondary N) is 1. The quantitative estimate of drug-likeness (QED) is 0.672. The highest BCUT2D eigenvalue weighted by atomic mass is 16.6. The molecule has 1 aliphatic carbocycles. The summed E-state index contributed by atoms with van der Waals surface area (Å²) in [7, 11) is 0. The molecule has 0 aliphatic heterocycles. The number of rotatable bonds is 4. The molecule has 0 bridgehead atoms. The van der Waals surface area contributed by atoms with E-state index in [9.17, 15) is 10.1 Å². The second-order valence-electron chi connectivity index (χ2n) is 4.61. The summed E-state index contributed by atoms with van der Waals surface area (Å²) in [6, 6.07) is 12.9. The Morgan fingerprint density at radius 3 is 2.53 bits per heavy atom. The van der Waals surface area contributed by atoms with Crippen molar-refractivity contribution in [3.63, 3.8) is 0 Å². The lowest BCUT2D eigenvalue weighted by Crippen LogP contribution is -2.04. The molecular formula is C14H13N3O2. The van der Waals surface area contributed by atoms with Crippen molar-refractivity contribution >= 4 is 11.5 Å². The SMILES string of the molecule is O=[N+]([O-])c1ccc(NC2CC2)nc1-c1ccccc1. The summed E-state index contributed by atoms with van der Waals surface area (Å²) in [6.45, 7) is 0. The van der Waals surface area contributed by atoms with Gasteiger partial charge >= 0.3 is 0 Å². The Balaban J connectivity index is 2.04. The van der Waals surface area contributed by atoms with Crippen molar-refractivity contribution < 1.29 is 4.92 Å². The van der Waals surface area contributed by atoms with E-state index in [4.69, 9.17) is 0 Å². The van der Waals surface area contributed by atoms with Crippen LogP contribution in [-0.2, 0) is 0 Å². The first-order chi connectivity index (χ1) is 9.24. The van der Waals surface area contributed by atoms with E-state index in [1.165, 1.54) is 6.07 Å². The summed E-state index contributed by atoms with van der Waals surface area (Å²) in [5, 5.41) is 14.3. The van der Waals surface area contributed by atoms with Crippen molar-refractivity contribution in [3.05, 3.63) is 52.6 Å². The smallest absolute Gasteiger partial charge is 0.295 e. The monoisotopic (exact) mass is 255 g/mol. The number of hydrogen-bond donors (Lipinski definition) is 1. The zero-order chi connectivity index (χ0) is 13.2. The molecule has 1 saturated carbocycles. The predicted molar refractivity (Wildman–Crippen MR) is 73.0 cm³/mol. The van der Waals surface area contributed by atoms with E-state index in [0.29, 0.717) is 17.6 Å². The third kappa shape index (κ3) is 2.54. The summed E-state index contributed by atoms with van der Waals surface area (Å²) >= 11 is 0. The van der Waals surface area contributed by atoms with Gasteiger partial charge in [0.25, 0.3) is 5.69 Å². The molecule has 0 spiro atoms. The van der Waals surface area contributed by atoms with E-state index in [1.54, 1.807) is 6.07 Å².